The summed E-state index contributed by atoms with van der Waals surface area (Å²) in [5, 5.41) is 0. The maximum atomic E-state index is 13.2. The standard InChI is InChI=1S/C22H24O7/c1-6-29-22(24)19-17(18-13(20(19)23)8-7-9-14(18)25-2)12-10-15(26-3)21(28-5)16(11-12)27-4/h7-11,17,19H,6H2,1-5H3/t17-,19+/m1/s1. The smallest absolute Gasteiger partial charge is 0.317 e. The van der Waals surface area contributed by atoms with Gasteiger partial charge in [0.25, 0.3) is 0 Å². The summed E-state index contributed by atoms with van der Waals surface area (Å²) in [5.74, 6) is -0.686. The monoisotopic (exact) mass is 400 g/mol. The maximum absolute atomic E-state index is 13.2. The third-order valence-corrected chi connectivity index (χ3v) is 5.07. The molecule has 2 aromatic carbocycles. The van der Waals surface area contributed by atoms with Crippen LogP contribution in [0.15, 0.2) is 30.3 Å². The van der Waals surface area contributed by atoms with Gasteiger partial charge >= 0.3 is 5.97 Å². The van der Waals surface area contributed by atoms with Gasteiger partial charge in [-0.2, -0.15) is 0 Å². The zero-order chi connectivity index (χ0) is 21.1. The average molecular weight is 400 g/mol. The Morgan fingerprint density at radius 1 is 0.931 bits per heavy atom. The van der Waals surface area contributed by atoms with Crippen molar-refractivity contribution in [3.05, 3.63) is 47.0 Å². The molecule has 0 N–H and O–H groups in total. The highest BCUT2D eigenvalue weighted by atomic mass is 16.5. The largest absolute Gasteiger partial charge is 0.496 e. The quantitative estimate of drug-likeness (QED) is 0.521. The summed E-state index contributed by atoms with van der Waals surface area (Å²) >= 11 is 0. The van der Waals surface area contributed by atoms with Crippen molar-refractivity contribution in [1.29, 1.82) is 0 Å². The maximum Gasteiger partial charge on any atom is 0.317 e. The minimum atomic E-state index is -1.02. The normalized spacial score (nSPS) is 17.5. The molecule has 1 aliphatic rings. The minimum absolute atomic E-state index is 0.179. The van der Waals surface area contributed by atoms with Crippen LogP contribution in [-0.4, -0.2) is 46.8 Å². The van der Waals surface area contributed by atoms with E-state index in [1.165, 1.54) is 28.4 Å². The van der Waals surface area contributed by atoms with Crippen LogP contribution in [0.4, 0.5) is 0 Å². The van der Waals surface area contributed by atoms with Gasteiger partial charge in [0, 0.05) is 17.0 Å². The molecule has 29 heavy (non-hydrogen) atoms. The lowest BCUT2D eigenvalue weighted by molar-refractivity contribution is -0.146. The molecule has 0 unspecified atom stereocenters. The Morgan fingerprint density at radius 3 is 2.07 bits per heavy atom. The molecule has 0 heterocycles. The second kappa shape index (κ2) is 8.43. The Balaban J connectivity index is 2.27. The minimum Gasteiger partial charge on any atom is -0.496 e. The lowest BCUT2D eigenvalue weighted by Crippen LogP contribution is -2.27. The van der Waals surface area contributed by atoms with E-state index in [0.29, 0.717) is 39.7 Å². The van der Waals surface area contributed by atoms with Crippen molar-refractivity contribution >= 4 is 11.8 Å². The summed E-state index contributed by atoms with van der Waals surface area (Å²) in [7, 11) is 6.07. The van der Waals surface area contributed by atoms with Crippen molar-refractivity contribution < 1.29 is 33.3 Å². The van der Waals surface area contributed by atoms with Crippen molar-refractivity contribution in [2.75, 3.05) is 35.0 Å². The Bertz CT molecular complexity index is 910. The Labute approximate surface area is 169 Å². The van der Waals surface area contributed by atoms with Crippen LogP contribution >= 0.6 is 0 Å². The fraction of sp³-hybridized carbons (Fsp3) is 0.364. The molecule has 3 rings (SSSR count). The molecule has 154 valence electrons. The van der Waals surface area contributed by atoms with E-state index in [2.05, 4.69) is 0 Å². The molecule has 0 aliphatic heterocycles. The number of rotatable bonds is 7. The summed E-state index contributed by atoms with van der Waals surface area (Å²) in [6.45, 7) is 1.89. The SMILES string of the molecule is CCOC(=O)[C@@H]1C(=O)c2cccc(OC)c2[C@H]1c1cc(OC)c(OC)c(OC)c1. The second-order valence-electron chi connectivity index (χ2n) is 6.45. The number of carbonyl (C=O) groups is 2. The van der Waals surface area contributed by atoms with Gasteiger partial charge in [-0.25, -0.2) is 0 Å². The number of fused-ring (bicyclic) bond motifs is 1. The van der Waals surface area contributed by atoms with Gasteiger partial charge in [-0.05, 0) is 30.7 Å². The highest BCUT2D eigenvalue weighted by Gasteiger charge is 2.48. The summed E-state index contributed by atoms with van der Waals surface area (Å²) in [6.07, 6.45) is 0. The van der Waals surface area contributed by atoms with E-state index in [1.54, 1.807) is 37.3 Å². The molecule has 0 aromatic heterocycles. The van der Waals surface area contributed by atoms with E-state index in [9.17, 15) is 9.59 Å². The number of methoxy groups -OCH3 is 4. The van der Waals surface area contributed by atoms with Crippen LogP contribution in [0.1, 0.15) is 34.3 Å². The molecule has 7 nitrogen and oxygen atoms in total. The van der Waals surface area contributed by atoms with Crippen LogP contribution in [0.3, 0.4) is 0 Å². The predicted octanol–water partition coefficient (Wildman–Crippen LogP) is 3.23. The van der Waals surface area contributed by atoms with Gasteiger partial charge in [-0.3, -0.25) is 9.59 Å². The number of ketones is 1. The summed E-state index contributed by atoms with van der Waals surface area (Å²) < 4.78 is 27.0. The number of hydrogen-bond donors (Lipinski definition) is 0. The highest BCUT2D eigenvalue weighted by Crippen LogP contribution is 2.50. The molecule has 0 saturated carbocycles. The third-order valence-electron chi connectivity index (χ3n) is 5.07. The first-order valence-corrected chi connectivity index (χ1v) is 9.19. The predicted molar refractivity (Wildman–Crippen MR) is 105 cm³/mol. The van der Waals surface area contributed by atoms with E-state index in [4.69, 9.17) is 23.7 Å². The van der Waals surface area contributed by atoms with Gasteiger partial charge in [0.1, 0.15) is 11.7 Å². The van der Waals surface area contributed by atoms with Gasteiger partial charge in [0.2, 0.25) is 5.75 Å². The molecule has 0 amide bonds. The molecule has 7 heteroatoms. The van der Waals surface area contributed by atoms with Gasteiger partial charge in [-0.15, -0.1) is 0 Å². The van der Waals surface area contributed by atoms with Crippen LogP contribution in [0.25, 0.3) is 0 Å². The van der Waals surface area contributed by atoms with E-state index < -0.39 is 17.8 Å². The lowest BCUT2D eigenvalue weighted by atomic mass is 9.84. The zero-order valence-corrected chi connectivity index (χ0v) is 17.1. The van der Waals surface area contributed by atoms with E-state index >= 15 is 0 Å². The number of hydrogen-bond acceptors (Lipinski definition) is 7. The van der Waals surface area contributed by atoms with Crippen LogP contribution in [0.2, 0.25) is 0 Å². The van der Waals surface area contributed by atoms with Crippen molar-refractivity contribution in [3.8, 4) is 23.0 Å². The van der Waals surface area contributed by atoms with E-state index in [-0.39, 0.29) is 12.4 Å². The van der Waals surface area contributed by atoms with Crippen molar-refractivity contribution in [2.45, 2.75) is 12.8 Å². The second-order valence-corrected chi connectivity index (χ2v) is 6.45. The number of carbonyl (C=O) groups excluding carboxylic acids is 2. The first-order valence-electron chi connectivity index (χ1n) is 9.19. The van der Waals surface area contributed by atoms with Gasteiger partial charge < -0.3 is 23.7 Å². The molecule has 0 saturated heterocycles. The number of Topliss-reactive ketones (excluding diaryl/α,β-unsaturated/α-hetero) is 1. The Kier molecular flexibility index (Phi) is 5.96. The topological polar surface area (TPSA) is 80.3 Å². The molecular formula is C22H24O7. The van der Waals surface area contributed by atoms with Gasteiger partial charge in [0.15, 0.2) is 17.3 Å². The van der Waals surface area contributed by atoms with E-state index in [1.807, 2.05) is 0 Å². The van der Waals surface area contributed by atoms with Crippen LogP contribution in [0, 0.1) is 5.92 Å². The lowest BCUT2D eigenvalue weighted by Gasteiger charge is -2.22. The molecule has 0 bridgehead atoms. The van der Waals surface area contributed by atoms with Crippen LogP contribution < -0.4 is 18.9 Å². The molecule has 0 spiro atoms. The number of esters is 1. The fourth-order valence-corrected chi connectivity index (χ4v) is 3.86. The zero-order valence-electron chi connectivity index (χ0n) is 17.1. The first kappa shape index (κ1) is 20.5. The molecular weight excluding hydrogens is 376 g/mol. The number of benzene rings is 2. The van der Waals surface area contributed by atoms with E-state index in [0.717, 1.165) is 0 Å². The first-order chi connectivity index (χ1) is 14.0. The van der Waals surface area contributed by atoms with Crippen LogP contribution in [-0.2, 0) is 9.53 Å². The van der Waals surface area contributed by atoms with Crippen LogP contribution in [0.5, 0.6) is 23.0 Å². The van der Waals surface area contributed by atoms with Gasteiger partial charge in [0.05, 0.1) is 35.0 Å². The third kappa shape index (κ3) is 3.37. The van der Waals surface area contributed by atoms with Crippen molar-refractivity contribution in [1.82, 2.24) is 0 Å². The Morgan fingerprint density at radius 2 is 1.55 bits per heavy atom. The van der Waals surface area contributed by atoms with Crippen molar-refractivity contribution in [3.63, 3.8) is 0 Å². The average Bonchev–Trinajstić information content (AvgIpc) is 3.05. The molecule has 2 aromatic rings. The van der Waals surface area contributed by atoms with Crippen molar-refractivity contribution in [2.24, 2.45) is 5.92 Å². The molecule has 1 aliphatic carbocycles. The summed E-state index contributed by atoms with van der Waals surface area (Å²) in [4.78, 5) is 25.9. The molecule has 0 fully saturated rings. The summed E-state index contributed by atoms with van der Waals surface area (Å²) in [6, 6.07) is 8.69. The molecule has 0 radical (unpaired) electrons. The summed E-state index contributed by atoms with van der Waals surface area (Å²) in [5.41, 5.74) is 1.75. The van der Waals surface area contributed by atoms with Gasteiger partial charge in [-0.1, -0.05) is 12.1 Å². The number of ether oxygens (including phenoxy) is 5. The fourth-order valence-electron chi connectivity index (χ4n) is 3.86. The highest BCUT2D eigenvalue weighted by molar-refractivity contribution is 6.14. The molecule has 2 atom stereocenters. The Hall–Kier alpha value is -3.22.